The monoisotopic (exact) mass is 200 g/mol. The Morgan fingerprint density at radius 1 is 0.857 bits per heavy atom. The van der Waals surface area contributed by atoms with E-state index in [2.05, 4.69) is 13.8 Å². The van der Waals surface area contributed by atoms with Gasteiger partial charge < -0.3 is 10.0 Å². The van der Waals surface area contributed by atoms with E-state index in [1.54, 1.807) is 13.6 Å². The number of hydrogen-bond donors (Lipinski definition) is 2. The summed E-state index contributed by atoms with van der Waals surface area (Å²) < 4.78 is 0. The number of rotatable bonds is 6. The molecule has 0 unspecified atom stereocenters. The molecule has 0 heterocycles. The molecule has 0 aromatic heterocycles. The van der Waals surface area contributed by atoms with Gasteiger partial charge in [-0.2, -0.15) is 0 Å². The standard InChI is InChI=1S/C8H19BO.C2H7BO/c1-3-5-7-9(10)8-6-4-2;1-3(2)4/h10H,3-8H2,1-2H3;4H,1-2H3. The van der Waals surface area contributed by atoms with E-state index in [1.165, 1.54) is 25.7 Å². The zero-order chi connectivity index (χ0) is 11.4. The molecule has 0 saturated carbocycles. The maximum Gasteiger partial charge on any atom is 0.288 e. The summed E-state index contributed by atoms with van der Waals surface area (Å²) in [5.41, 5.74) is 0. The van der Waals surface area contributed by atoms with Gasteiger partial charge in [-0.3, -0.25) is 0 Å². The normalized spacial score (nSPS) is 9.00. The van der Waals surface area contributed by atoms with E-state index >= 15 is 0 Å². The van der Waals surface area contributed by atoms with Crippen molar-refractivity contribution >= 4 is 13.8 Å². The SMILES string of the molecule is CB(C)O.CCCCB(O)CCCC. The summed E-state index contributed by atoms with van der Waals surface area (Å²) in [6.07, 6.45) is 6.73. The predicted molar refractivity (Wildman–Crippen MR) is 67.1 cm³/mol. The summed E-state index contributed by atoms with van der Waals surface area (Å²) in [5.74, 6) is 0. The molecule has 0 aliphatic heterocycles. The van der Waals surface area contributed by atoms with Crippen LogP contribution in [0.4, 0.5) is 0 Å². The van der Waals surface area contributed by atoms with Gasteiger partial charge in [-0.15, -0.1) is 0 Å². The fourth-order valence-electron chi connectivity index (χ4n) is 1.02. The van der Waals surface area contributed by atoms with E-state index in [4.69, 9.17) is 5.02 Å². The van der Waals surface area contributed by atoms with E-state index in [-0.39, 0.29) is 13.8 Å². The van der Waals surface area contributed by atoms with Crippen molar-refractivity contribution in [3.63, 3.8) is 0 Å². The molecule has 0 aliphatic carbocycles. The zero-order valence-electron chi connectivity index (χ0n) is 10.3. The van der Waals surface area contributed by atoms with Gasteiger partial charge in [0.1, 0.15) is 0 Å². The summed E-state index contributed by atoms with van der Waals surface area (Å²) in [5, 5.41) is 17.4. The van der Waals surface area contributed by atoms with Gasteiger partial charge in [0.25, 0.3) is 13.8 Å². The highest BCUT2D eigenvalue weighted by atomic mass is 16.2. The molecule has 0 rings (SSSR count). The van der Waals surface area contributed by atoms with E-state index in [1.807, 2.05) is 0 Å². The third-order valence-electron chi connectivity index (χ3n) is 1.78. The molecular formula is C10H26B2O2. The molecule has 2 nitrogen and oxygen atoms in total. The molecule has 0 aliphatic rings. The van der Waals surface area contributed by atoms with Gasteiger partial charge in [0.15, 0.2) is 0 Å². The minimum atomic E-state index is -0.167. The third kappa shape index (κ3) is 22.7. The number of unbranched alkanes of at least 4 members (excludes halogenated alkanes) is 2. The Labute approximate surface area is 90.3 Å². The topological polar surface area (TPSA) is 40.5 Å². The quantitative estimate of drug-likeness (QED) is 0.647. The lowest BCUT2D eigenvalue weighted by Gasteiger charge is -2.02. The molecule has 4 heteroatoms. The lowest BCUT2D eigenvalue weighted by atomic mass is 9.60. The summed E-state index contributed by atoms with van der Waals surface area (Å²) in [6.45, 7) is 7.57. The Morgan fingerprint density at radius 3 is 1.36 bits per heavy atom. The van der Waals surface area contributed by atoms with Gasteiger partial charge in [0.2, 0.25) is 0 Å². The lowest BCUT2D eigenvalue weighted by molar-refractivity contribution is 0.555. The van der Waals surface area contributed by atoms with Crippen molar-refractivity contribution in [2.75, 3.05) is 0 Å². The van der Waals surface area contributed by atoms with E-state index in [0.717, 1.165) is 12.6 Å². The van der Waals surface area contributed by atoms with Crippen LogP contribution in [0.25, 0.3) is 0 Å². The van der Waals surface area contributed by atoms with Crippen LogP contribution in [0.1, 0.15) is 39.5 Å². The minimum absolute atomic E-state index is 0.0279. The summed E-state index contributed by atoms with van der Waals surface area (Å²) in [6, 6.07) is 0. The van der Waals surface area contributed by atoms with E-state index in [9.17, 15) is 5.02 Å². The summed E-state index contributed by atoms with van der Waals surface area (Å²) in [4.78, 5) is 0. The smallest absolute Gasteiger partial charge is 0.288 e. The molecule has 0 aromatic rings. The van der Waals surface area contributed by atoms with Crippen LogP contribution in [0.3, 0.4) is 0 Å². The molecule has 0 aromatic carbocycles. The predicted octanol–water partition coefficient (Wildman–Crippen LogP) is 2.80. The van der Waals surface area contributed by atoms with Gasteiger partial charge in [-0.05, 0) is 12.6 Å². The number of hydrogen-bond acceptors (Lipinski definition) is 2. The van der Waals surface area contributed by atoms with Crippen molar-refractivity contribution < 1.29 is 10.0 Å². The van der Waals surface area contributed by atoms with Crippen LogP contribution in [0, 0.1) is 0 Å². The van der Waals surface area contributed by atoms with Crippen LogP contribution >= 0.6 is 0 Å². The maximum absolute atomic E-state index is 9.31. The van der Waals surface area contributed by atoms with Gasteiger partial charge in [-0.25, -0.2) is 0 Å². The minimum Gasteiger partial charge on any atom is -0.451 e. The highest BCUT2D eigenvalue weighted by molar-refractivity contribution is 6.50. The highest BCUT2D eigenvalue weighted by Crippen LogP contribution is 2.06. The first kappa shape index (κ1) is 16.5. The first-order valence-electron chi connectivity index (χ1n) is 5.90. The average molecular weight is 200 g/mol. The Bertz CT molecular complexity index is 89.4. The highest BCUT2D eigenvalue weighted by Gasteiger charge is 2.07. The van der Waals surface area contributed by atoms with E-state index in [0.29, 0.717) is 0 Å². The molecular weight excluding hydrogens is 174 g/mol. The van der Waals surface area contributed by atoms with Crippen molar-refractivity contribution in [3.8, 4) is 0 Å². The van der Waals surface area contributed by atoms with Crippen molar-refractivity contribution in [2.45, 2.75) is 65.8 Å². The van der Waals surface area contributed by atoms with Gasteiger partial charge >= 0.3 is 0 Å². The summed E-state index contributed by atoms with van der Waals surface area (Å²) >= 11 is 0. The first-order chi connectivity index (χ1) is 6.54. The lowest BCUT2D eigenvalue weighted by Crippen LogP contribution is -2.10. The molecule has 0 fully saturated rings. The Morgan fingerprint density at radius 2 is 1.14 bits per heavy atom. The van der Waals surface area contributed by atoms with Crippen LogP contribution < -0.4 is 0 Å². The Hall–Kier alpha value is 0.0499. The van der Waals surface area contributed by atoms with Gasteiger partial charge in [0, 0.05) is 0 Å². The van der Waals surface area contributed by atoms with Crippen molar-refractivity contribution in [2.24, 2.45) is 0 Å². The van der Waals surface area contributed by atoms with Gasteiger partial charge in [0.05, 0.1) is 0 Å². The van der Waals surface area contributed by atoms with Crippen LogP contribution in [0.2, 0.25) is 26.3 Å². The average Bonchev–Trinajstić information content (AvgIpc) is 2.10. The third-order valence-corrected chi connectivity index (χ3v) is 1.78. The largest absolute Gasteiger partial charge is 0.451 e. The van der Waals surface area contributed by atoms with Crippen LogP contribution in [-0.2, 0) is 0 Å². The molecule has 14 heavy (non-hydrogen) atoms. The second kappa shape index (κ2) is 13.0. The second-order valence-corrected chi connectivity index (χ2v) is 4.03. The van der Waals surface area contributed by atoms with Crippen molar-refractivity contribution in [3.05, 3.63) is 0 Å². The first-order valence-corrected chi connectivity index (χ1v) is 5.90. The van der Waals surface area contributed by atoms with Crippen LogP contribution in [0.15, 0.2) is 0 Å². The maximum atomic E-state index is 9.31. The van der Waals surface area contributed by atoms with Crippen LogP contribution in [0.5, 0.6) is 0 Å². The van der Waals surface area contributed by atoms with Crippen molar-refractivity contribution in [1.82, 2.24) is 0 Å². The zero-order valence-corrected chi connectivity index (χ0v) is 10.3. The van der Waals surface area contributed by atoms with E-state index < -0.39 is 0 Å². The fourth-order valence-corrected chi connectivity index (χ4v) is 1.02. The molecule has 0 radical (unpaired) electrons. The Balaban J connectivity index is 0. The second-order valence-electron chi connectivity index (χ2n) is 4.03. The molecule has 0 spiro atoms. The summed E-state index contributed by atoms with van der Waals surface area (Å²) in [7, 11) is 0. The van der Waals surface area contributed by atoms with Gasteiger partial charge in [-0.1, -0.05) is 53.2 Å². The van der Waals surface area contributed by atoms with Crippen LogP contribution in [-0.4, -0.2) is 23.9 Å². The molecule has 0 atom stereocenters. The molecule has 84 valence electrons. The molecule has 0 saturated heterocycles. The molecule has 0 amide bonds. The fraction of sp³-hybridized carbons (Fsp3) is 1.00. The molecule has 2 N–H and O–H groups in total. The molecule has 0 bridgehead atoms. The van der Waals surface area contributed by atoms with Crippen molar-refractivity contribution in [1.29, 1.82) is 0 Å². The Kier molecular flexibility index (Phi) is 15.4.